The van der Waals surface area contributed by atoms with E-state index in [1.807, 2.05) is 7.05 Å². The summed E-state index contributed by atoms with van der Waals surface area (Å²) in [5.41, 5.74) is 3.84. The lowest BCUT2D eigenvalue weighted by Crippen LogP contribution is -2.25. The highest BCUT2D eigenvalue weighted by atomic mass is 15.3. The van der Waals surface area contributed by atoms with Gasteiger partial charge in [0.2, 0.25) is 0 Å². The Balaban J connectivity index is 1.97. The van der Waals surface area contributed by atoms with E-state index >= 15 is 0 Å². The number of hydrogen-bond acceptors (Lipinski definition) is 3. The summed E-state index contributed by atoms with van der Waals surface area (Å²) in [7, 11) is 1.99. The van der Waals surface area contributed by atoms with Gasteiger partial charge in [-0.3, -0.25) is 4.68 Å². The lowest BCUT2D eigenvalue weighted by Gasteiger charge is -2.15. The van der Waals surface area contributed by atoms with Crippen LogP contribution in [0.4, 0.5) is 0 Å². The monoisotopic (exact) mass is 236 g/mol. The zero-order chi connectivity index (χ0) is 12.3. The van der Waals surface area contributed by atoms with Gasteiger partial charge in [0.05, 0.1) is 12.2 Å². The number of aryl methyl sites for hydroxylation is 1. The summed E-state index contributed by atoms with van der Waals surface area (Å²) in [6, 6.07) is 0. The number of hydrogen-bond donors (Lipinski definition) is 1. The van der Waals surface area contributed by atoms with Gasteiger partial charge in [0.15, 0.2) is 0 Å². The van der Waals surface area contributed by atoms with Crippen LogP contribution in [-0.4, -0.2) is 41.4 Å². The first-order valence-corrected chi connectivity index (χ1v) is 6.62. The molecular weight excluding hydrogens is 212 g/mol. The normalized spacial score (nSPS) is 16.9. The predicted octanol–water partition coefficient (Wildman–Crippen LogP) is 1.32. The van der Waals surface area contributed by atoms with Gasteiger partial charge in [-0.2, -0.15) is 5.10 Å². The second-order valence-corrected chi connectivity index (χ2v) is 4.95. The fraction of sp³-hybridized carbons (Fsp3) is 0.769. The van der Waals surface area contributed by atoms with Crippen molar-refractivity contribution in [3.63, 3.8) is 0 Å². The molecule has 4 heteroatoms. The Morgan fingerprint density at radius 3 is 2.53 bits per heavy atom. The third-order valence-corrected chi connectivity index (χ3v) is 3.71. The van der Waals surface area contributed by atoms with E-state index in [4.69, 9.17) is 0 Å². The van der Waals surface area contributed by atoms with Gasteiger partial charge in [-0.1, -0.05) is 0 Å². The van der Waals surface area contributed by atoms with Crippen molar-refractivity contribution in [3.05, 3.63) is 17.0 Å². The molecule has 0 bridgehead atoms. The van der Waals surface area contributed by atoms with Gasteiger partial charge in [-0.25, -0.2) is 0 Å². The largest absolute Gasteiger partial charge is 0.316 e. The van der Waals surface area contributed by atoms with Crippen LogP contribution in [0.2, 0.25) is 0 Å². The molecule has 96 valence electrons. The molecule has 0 spiro atoms. The average Bonchev–Trinajstić information content (AvgIpc) is 2.90. The molecule has 1 fully saturated rings. The van der Waals surface area contributed by atoms with Crippen LogP contribution in [0.1, 0.15) is 29.8 Å². The topological polar surface area (TPSA) is 33.1 Å². The molecule has 1 saturated heterocycles. The van der Waals surface area contributed by atoms with E-state index in [0.717, 1.165) is 19.6 Å². The molecule has 0 unspecified atom stereocenters. The highest BCUT2D eigenvalue weighted by Gasteiger charge is 2.14. The van der Waals surface area contributed by atoms with E-state index in [2.05, 4.69) is 33.8 Å². The lowest BCUT2D eigenvalue weighted by atomic mass is 10.2. The molecule has 1 aliphatic rings. The van der Waals surface area contributed by atoms with Crippen LogP contribution in [0.25, 0.3) is 0 Å². The van der Waals surface area contributed by atoms with Gasteiger partial charge < -0.3 is 10.2 Å². The van der Waals surface area contributed by atoms with Crippen LogP contribution in [-0.2, 0) is 13.1 Å². The van der Waals surface area contributed by atoms with Crippen molar-refractivity contribution >= 4 is 0 Å². The minimum atomic E-state index is 0.918. The summed E-state index contributed by atoms with van der Waals surface area (Å²) in [5.74, 6) is 0. The van der Waals surface area contributed by atoms with Crippen molar-refractivity contribution in [2.75, 3.05) is 26.7 Å². The molecule has 2 heterocycles. The van der Waals surface area contributed by atoms with Gasteiger partial charge in [0.1, 0.15) is 0 Å². The smallest absolute Gasteiger partial charge is 0.0641 e. The van der Waals surface area contributed by atoms with Crippen LogP contribution in [0.3, 0.4) is 0 Å². The first kappa shape index (κ1) is 12.6. The summed E-state index contributed by atoms with van der Waals surface area (Å²) in [6.45, 7) is 9.90. The Labute approximate surface area is 104 Å². The molecule has 0 aromatic carbocycles. The highest BCUT2D eigenvalue weighted by molar-refractivity contribution is 5.24. The predicted molar refractivity (Wildman–Crippen MR) is 70.1 cm³/mol. The van der Waals surface area contributed by atoms with Gasteiger partial charge in [-0.15, -0.1) is 0 Å². The van der Waals surface area contributed by atoms with Crippen LogP contribution >= 0.6 is 0 Å². The van der Waals surface area contributed by atoms with Crippen LogP contribution < -0.4 is 5.32 Å². The Bertz CT molecular complexity index is 364. The van der Waals surface area contributed by atoms with Crippen molar-refractivity contribution in [2.45, 2.75) is 39.8 Å². The molecule has 0 amide bonds. The fourth-order valence-electron chi connectivity index (χ4n) is 2.63. The zero-order valence-electron chi connectivity index (χ0n) is 11.3. The first-order chi connectivity index (χ1) is 8.22. The molecule has 1 aromatic rings. The summed E-state index contributed by atoms with van der Waals surface area (Å²) in [4.78, 5) is 2.54. The second-order valence-electron chi connectivity index (χ2n) is 4.95. The maximum absolute atomic E-state index is 4.64. The van der Waals surface area contributed by atoms with Crippen LogP contribution in [0.5, 0.6) is 0 Å². The fourth-order valence-corrected chi connectivity index (χ4v) is 2.63. The molecule has 4 nitrogen and oxygen atoms in total. The van der Waals surface area contributed by atoms with Gasteiger partial charge in [0, 0.05) is 24.3 Å². The van der Waals surface area contributed by atoms with E-state index in [9.17, 15) is 0 Å². The Kier molecular flexibility index (Phi) is 4.18. The molecule has 0 saturated carbocycles. The van der Waals surface area contributed by atoms with Gasteiger partial charge >= 0.3 is 0 Å². The summed E-state index contributed by atoms with van der Waals surface area (Å²) in [6.07, 6.45) is 2.73. The van der Waals surface area contributed by atoms with Crippen molar-refractivity contribution in [3.8, 4) is 0 Å². The number of nitrogens with one attached hydrogen (secondary N) is 1. The third-order valence-electron chi connectivity index (χ3n) is 3.71. The molecule has 1 N–H and O–H groups in total. The van der Waals surface area contributed by atoms with E-state index in [0.29, 0.717) is 0 Å². The summed E-state index contributed by atoms with van der Waals surface area (Å²) >= 11 is 0. The Morgan fingerprint density at radius 1 is 1.18 bits per heavy atom. The minimum Gasteiger partial charge on any atom is -0.316 e. The Morgan fingerprint density at radius 2 is 1.88 bits per heavy atom. The quantitative estimate of drug-likeness (QED) is 0.837. The minimum absolute atomic E-state index is 0.918. The maximum atomic E-state index is 4.64. The van der Waals surface area contributed by atoms with Crippen LogP contribution in [0, 0.1) is 13.8 Å². The molecule has 17 heavy (non-hydrogen) atoms. The molecule has 0 aliphatic carbocycles. The van der Waals surface area contributed by atoms with E-state index in [1.165, 1.54) is 42.9 Å². The molecule has 0 radical (unpaired) electrons. The highest BCUT2D eigenvalue weighted by Crippen LogP contribution is 2.13. The van der Waals surface area contributed by atoms with E-state index in [-0.39, 0.29) is 0 Å². The number of rotatable bonds is 5. The Hall–Kier alpha value is -0.870. The van der Waals surface area contributed by atoms with E-state index < -0.39 is 0 Å². The van der Waals surface area contributed by atoms with Crippen molar-refractivity contribution in [1.82, 2.24) is 20.0 Å². The zero-order valence-corrected chi connectivity index (χ0v) is 11.3. The molecule has 2 rings (SSSR count). The molecule has 0 atom stereocenters. The molecule has 1 aromatic heterocycles. The van der Waals surface area contributed by atoms with Crippen molar-refractivity contribution in [1.29, 1.82) is 0 Å². The van der Waals surface area contributed by atoms with Gasteiger partial charge in [-0.05, 0) is 46.8 Å². The molecule has 1 aliphatic heterocycles. The first-order valence-electron chi connectivity index (χ1n) is 6.62. The SMILES string of the molecule is CNCc1c(C)nn(CCN2CCCC2)c1C. The van der Waals surface area contributed by atoms with Crippen molar-refractivity contribution in [2.24, 2.45) is 0 Å². The number of nitrogens with zero attached hydrogens (tertiary/aromatic N) is 3. The summed E-state index contributed by atoms with van der Waals surface area (Å²) in [5, 5.41) is 7.85. The summed E-state index contributed by atoms with van der Waals surface area (Å²) < 4.78 is 2.17. The van der Waals surface area contributed by atoms with Gasteiger partial charge in [0.25, 0.3) is 0 Å². The standard InChI is InChI=1S/C13H24N4/c1-11-13(10-14-3)12(2)17(15-11)9-8-16-6-4-5-7-16/h14H,4-10H2,1-3H3. The third kappa shape index (κ3) is 2.87. The average molecular weight is 236 g/mol. The molecular formula is C13H24N4. The number of aromatic nitrogens is 2. The van der Waals surface area contributed by atoms with Crippen LogP contribution in [0.15, 0.2) is 0 Å². The van der Waals surface area contributed by atoms with Crippen molar-refractivity contribution < 1.29 is 0 Å². The second kappa shape index (κ2) is 5.65. The number of likely N-dealkylation sites (tertiary alicyclic amines) is 1. The van der Waals surface area contributed by atoms with E-state index in [1.54, 1.807) is 0 Å². The maximum Gasteiger partial charge on any atom is 0.0641 e. The lowest BCUT2D eigenvalue weighted by molar-refractivity contribution is 0.314.